The van der Waals surface area contributed by atoms with E-state index in [4.69, 9.17) is 0 Å². The molecule has 0 aliphatic rings. The zero-order valence-electron chi connectivity index (χ0n) is 11.2. The van der Waals surface area contributed by atoms with E-state index in [1.807, 2.05) is 0 Å². The summed E-state index contributed by atoms with van der Waals surface area (Å²) < 4.78 is 0. The molecule has 0 N–H and O–H groups in total. The van der Waals surface area contributed by atoms with Crippen LogP contribution in [0.25, 0.3) is 0 Å². The van der Waals surface area contributed by atoms with Crippen LogP contribution in [0.1, 0.15) is 30.5 Å². The van der Waals surface area contributed by atoms with Crippen molar-refractivity contribution in [3.63, 3.8) is 0 Å². The fraction of sp³-hybridized carbons (Fsp3) is 0.294. The van der Waals surface area contributed by atoms with E-state index in [1.54, 1.807) is 0 Å². The Labute approximate surface area is 110 Å². The fourth-order valence-corrected chi connectivity index (χ4v) is 2.45. The van der Waals surface area contributed by atoms with Gasteiger partial charge in [0.15, 0.2) is 0 Å². The Balaban J connectivity index is 2.35. The van der Waals surface area contributed by atoms with Crippen molar-refractivity contribution in [2.45, 2.75) is 19.4 Å². The summed E-state index contributed by atoms with van der Waals surface area (Å²) in [5, 5.41) is 0. The van der Waals surface area contributed by atoms with Crippen molar-refractivity contribution in [3.8, 4) is 0 Å². The summed E-state index contributed by atoms with van der Waals surface area (Å²) in [6.45, 7) is 3.33. The maximum absolute atomic E-state index is 2.42. The maximum Gasteiger partial charge on any atom is 0.0599 e. The molecule has 0 aliphatic heterocycles. The molecule has 0 saturated carbocycles. The summed E-state index contributed by atoms with van der Waals surface area (Å²) >= 11 is 0. The van der Waals surface area contributed by atoms with Crippen LogP contribution in [0, 0.1) is 0 Å². The quantitative estimate of drug-likeness (QED) is 0.758. The van der Waals surface area contributed by atoms with Gasteiger partial charge in [-0.2, -0.15) is 0 Å². The topological polar surface area (TPSA) is 3.24 Å². The van der Waals surface area contributed by atoms with E-state index < -0.39 is 0 Å². The van der Waals surface area contributed by atoms with Crippen molar-refractivity contribution in [2.75, 3.05) is 13.6 Å². The summed E-state index contributed by atoms with van der Waals surface area (Å²) in [5.74, 6) is 0. The standard InChI is InChI=1S/C17H21N/c1-3-14-18(2)17(15-10-6-4-7-11-15)16-12-8-5-9-13-16/h4-13,17H,3,14H2,1-2H3. The average Bonchev–Trinajstić information content (AvgIpc) is 2.42. The van der Waals surface area contributed by atoms with E-state index >= 15 is 0 Å². The second-order valence-corrected chi connectivity index (χ2v) is 4.70. The van der Waals surface area contributed by atoms with E-state index in [9.17, 15) is 0 Å². The number of hydrogen-bond acceptors (Lipinski definition) is 1. The second-order valence-electron chi connectivity index (χ2n) is 4.70. The van der Waals surface area contributed by atoms with E-state index in [2.05, 4.69) is 79.5 Å². The first-order valence-corrected chi connectivity index (χ1v) is 6.63. The van der Waals surface area contributed by atoms with Gasteiger partial charge in [-0.25, -0.2) is 0 Å². The van der Waals surface area contributed by atoms with Gasteiger partial charge in [-0.15, -0.1) is 0 Å². The number of hydrogen-bond donors (Lipinski definition) is 0. The van der Waals surface area contributed by atoms with Gasteiger partial charge in [0, 0.05) is 0 Å². The third-order valence-corrected chi connectivity index (χ3v) is 3.25. The van der Waals surface area contributed by atoms with Gasteiger partial charge in [0.2, 0.25) is 0 Å². The molecule has 1 nitrogen and oxygen atoms in total. The van der Waals surface area contributed by atoms with Gasteiger partial charge in [-0.3, -0.25) is 4.90 Å². The molecule has 0 bridgehead atoms. The number of nitrogens with zero attached hydrogens (tertiary/aromatic N) is 1. The van der Waals surface area contributed by atoms with Gasteiger partial charge in [0.1, 0.15) is 0 Å². The molecule has 0 aromatic heterocycles. The highest BCUT2D eigenvalue weighted by Crippen LogP contribution is 2.27. The third-order valence-electron chi connectivity index (χ3n) is 3.25. The molecule has 1 heteroatoms. The van der Waals surface area contributed by atoms with E-state index in [1.165, 1.54) is 17.5 Å². The second kappa shape index (κ2) is 6.36. The molecule has 0 radical (unpaired) electrons. The van der Waals surface area contributed by atoms with Crippen molar-refractivity contribution >= 4 is 0 Å². The lowest BCUT2D eigenvalue weighted by Gasteiger charge is -2.28. The molecule has 0 atom stereocenters. The van der Waals surface area contributed by atoms with Crippen LogP contribution in [0.3, 0.4) is 0 Å². The number of benzene rings is 2. The molecular weight excluding hydrogens is 218 g/mol. The van der Waals surface area contributed by atoms with Gasteiger partial charge in [-0.1, -0.05) is 67.6 Å². The first kappa shape index (κ1) is 12.8. The molecule has 2 aromatic carbocycles. The molecule has 2 rings (SSSR count). The van der Waals surface area contributed by atoms with E-state index in [0.29, 0.717) is 6.04 Å². The molecule has 0 aliphatic carbocycles. The summed E-state index contributed by atoms with van der Waals surface area (Å²) in [5.41, 5.74) is 2.72. The normalized spacial score (nSPS) is 11.1. The van der Waals surface area contributed by atoms with Gasteiger partial charge < -0.3 is 0 Å². The van der Waals surface area contributed by atoms with Crippen LogP contribution < -0.4 is 0 Å². The molecule has 0 saturated heterocycles. The average molecular weight is 239 g/mol. The Bertz CT molecular complexity index is 410. The molecule has 18 heavy (non-hydrogen) atoms. The van der Waals surface area contributed by atoms with Gasteiger partial charge in [-0.05, 0) is 31.1 Å². The first-order chi connectivity index (χ1) is 8.83. The molecule has 2 aromatic rings. The monoisotopic (exact) mass is 239 g/mol. The van der Waals surface area contributed by atoms with Gasteiger partial charge in [0.25, 0.3) is 0 Å². The molecule has 0 spiro atoms. The fourth-order valence-electron chi connectivity index (χ4n) is 2.45. The summed E-state index contributed by atoms with van der Waals surface area (Å²) in [6.07, 6.45) is 1.17. The van der Waals surface area contributed by atoms with Crippen LogP contribution >= 0.6 is 0 Å². The van der Waals surface area contributed by atoms with E-state index in [0.717, 1.165) is 6.54 Å². The summed E-state index contributed by atoms with van der Waals surface area (Å²) in [6, 6.07) is 21.8. The van der Waals surface area contributed by atoms with Crippen LogP contribution in [0.4, 0.5) is 0 Å². The van der Waals surface area contributed by atoms with Crippen LogP contribution in [-0.4, -0.2) is 18.5 Å². The minimum absolute atomic E-state index is 0.354. The summed E-state index contributed by atoms with van der Waals surface area (Å²) in [4.78, 5) is 2.42. The van der Waals surface area contributed by atoms with Crippen LogP contribution in [-0.2, 0) is 0 Å². The van der Waals surface area contributed by atoms with Crippen LogP contribution in [0.2, 0.25) is 0 Å². The predicted octanol–water partition coefficient (Wildman–Crippen LogP) is 4.12. The minimum Gasteiger partial charge on any atom is -0.295 e. The first-order valence-electron chi connectivity index (χ1n) is 6.63. The zero-order chi connectivity index (χ0) is 12.8. The highest BCUT2D eigenvalue weighted by atomic mass is 15.1. The lowest BCUT2D eigenvalue weighted by Crippen LogP contribution is -2.26. The smallest absolute Gasteiger partial charge is 0.0599 e. The van der Waals surface area contributed by atoms with Crippen molar-refractivity contribution in [1.29, 1.82) is 0 Å². The van der Waals surface area contributed by atoms with E-state index in [-0.39, 0.29) is 0 Å². The molecule has 0 unspecified atom stereocenters. The largest absolute Gasteiger partial charge is 0.295 e. The van der Waals surface area contributed by atoms with Crippen LogP contribution in [0.5, 0.6) is 0 Å². The summed E-state index contributed by atoms with van der Waals surface area (Å²) in [7, 11) is 2.20. The molecular formula is C17H21N. The molecule has 0 amide bonds. The lowest BCUT2D eigenvalue weighted by molar-refractivity contribution is 0.279. The van der Waals surface area contributed by atoms with Crippen molar-refractivity contribution in [2.24, 2.45) is 0 Å². The Morgan fingerprint density at radius 1 is 0.833 bits per heavy atom. The van der Waals surface area contributed by atoms with Gasteiger partial charge >= 0.3 is 0 Å². The maximum atomic E-state index is 2.42. The Hall–Kier alpha value is -1.60. The third kappa shape index (κ3) is 2.99. The van der Waals surface area contributed by atoms with Crippen molar-refractivity contribution in [1.82, 2.24) is 4.90 Å². The molecule has 0 fully saturated rings. The number of rotatable bonds is 5. The van der Waals surface area contributed by atoms with Gasteiger partial charge in [0.05, 0.1) is 6.04 Å². The molecule has 94 valence electrons. The Morgan fingerprint density at radius 3 is 1.67 bits per heavy atom. The highest BCUT2D eigenvalue weighted by Gasteiger charge is 2.17. The Morgan fingerprint density at radius 2 is 1.28 bits per heavy atom. The highest BCUT2D eigenvalue weighted by molar-refractivity contribution is 5.31. The SMILES string of the molecule is CCCN(C)C(c1ccccc1)c1ccccc1. The van der Waals surface area contributed by atoms with Crippen molar-refractivity contribution < 1.29 is 0 Å². The predicted molar refractivity (Wildman–Crippen MR) is 77.6 cm³/mol. The Kier molecular flexibility index (Phi) is 4.54. The van der Waals surface area contributed by atoms with Crippen molar-refractivity contribution in [3.05, 3.63) is 71.8 Å². The zero-order valence-corrected chi connectivity index (χ0v) is 11.2. The lowest BCUT2D eigenvalue weighted by atomic mass is 9.97. The molecule has 0 heterocycles. The minimum atomic E-state index is 0.354. The van der Waals surface area contributed by atoms with Crippen LogP contribution in [0.15, 0.2) is 60.7 Å².